The van der Waals surface area contributed by atoms with Gasteiger partial charge in [-0.15, -0.1) is 0 Å². The Morgan fingerprint density at radius 2 is 2.15 bits per heavy atom. The van der Waals surface area contributed by atoms with Gasteiger partial charge in [0.1, 0.15) is 9.90 Å². The summed E-state index contributed by atoms with van der Waals surface area (Å²) in [5.74, 6) is 0.119. The predicted octanol–water partition coefficient (Wildman–Crippen LogP) is 1.52. The lowest BCUT2D eigenvalue weighted by molar-refractivity contribution is 0.0846. The van der Waals surface area contributed by atoms with Crippen molar-refractivity contribution < 1.29 is 13.2 Å². The van der Waals surface area contributed by atoms with E-state index >= 15 is 0 Å². The molecule has 6 nitrogen and oxygen atoms in total. The lowest BCUT2D eigenvalue weighted by atomic mass is 10.5. The molecule has 1 aromatic heterocycles. The first-order valence-corrected chi connectivity index (χ1v) is 8.97. The largest absolute Gasteiger partial charge is 0.382 e. The highest BCUT2D eigenvalue weighted by atomic mass is 32.2. The van der Waals surface area contributed by atoms with Crippen LogP contribution in [0.3, 0.4) is 0 Å². The number of nitrogens with zero attached hydrogens (tertiary/aromatic N) is 2. The highest BCUT2D eigenvalue weighted by Gasteiger charge is 2.41. The summed E-state index contributed by atoms with van der Waals surface area (Å²) in [5.41, 5.74) is 5.77. The number of anilines is 2. The molecule has 8 heteroatoms. The fourth-order valence-corrected chi connectivity index (χ4v) is 4.91. The highest BCUT2D eigenvalue weighted by Crippen LogP contribution is 2.42. The van der Waals surface area contributed by atoms with Gasteiger partial charge in [-0.3, -0.25) is 0 Å². The van der Waals surface area contributed by atoms with Crippen molar-refractivity contribution >= 4 is 32.2 Å². The SMILES string of the molecule is CC(C)OCCN(C)c1snc(N)c1S(=O)(=O)C1CC1. The van der Waals surface area contributed by atoms with E-state index in [-0.39, 0.29) is 22.1 Å². The van der Waals surface area contributed by atoms with Crippen LogP contribution in [-0.2, 0) is 14.6 Å². The first-order valence-electron chi connectivity index (χ1n) is 6.65. The number of hydrogen-bond acceptors (Lipinski definition) is 7. The van der Waals surface area contributed by atoms with Gasteiger partial charge in [-0.2, -0.15) is 4.37 Å². The van der Waals surface area contributed by atoms with Crippen LogP contribution in [0.4, 0.5) is 10.8 Å². The van der Waals surface area contributed by atoms with Crippen LogP contribution in [0.2, 0.25) is 0 Å². The standard InChI is InChI=1S/C12H21N3O3S2/c1-8(2)18-7-6-15(3)12-10(11(13)14-19-12)20(16,17)9-4-5-9/h8-9H,4-7H2,1-3H3,(H2,13,14). The molecule has 0 bridgehead atoms. The van der Waals surface area contributed by atoms with Crippen LogP contribution in [-0.4, -0.2) is 44.3 Å². The Morgan fingerprint density at radius 1 is 1.50 bits per heavy atom. The molecule has 2 rings (SSSR count). The van der Waals surface area contributed by atoms with E-state index in [1.807, 2.05) is 25.8 Å². The van der Waals surface area contributed by atoms with E-state index in [2.05, 4.69) is 4.37 Å². The van der Waals surface area contributed by atoms with Crippen molar-refractivity contribution in [3.05, 3.63) is 0 Å². The lowest BCUT2D eigenvalue weighted by Gasteiger charge is -2.19. The van der Waals surface area contributed by atoms with Gasteiger partial charge in [-0.1, -0.05) is 0 Å². The predicted molar refractivity (Wildman–Crippen MR) is 81.1 cm³/mol. The fraction of sp³-hybridized carbons (Fsp3) is 0.750. The number of aromatic nitrogens is 1. The molecule has 0 saturated heterocycles. The molecule has 20 heavy (non-hydrogen) atoms. The Labute approximate surface area is 124 Å². The summed E-state index contributed by atoms with van der Waals surface area (Å²) in [6, 6.07) is 0. The molecule has 1 saturated carbocycles. The molecule has 0 aromatic carbocycles. The number of ether oxygens (including phenoxy) is 1. The van der Waals surface area contributed by atoms with Crippen LogP contribution in [0.25, 0.3) is 0 Å². The molecule has 1 aliphatic carbocycles. The number of likely N-dealkylation sites (N-methyl/N-ethyl adjacent to an activating group) is 1. The molecular formula is C12H21N3O3S2. The zero-order valence-corrected chi connectivity index (χ0v) is 13.6. The molecule has 1 aromatic rings. The molecule has 114 valence electrons. The third-order valence-electron chi connectivity index (χ3n) is 3.13. The summed E-state index contributed by atoms with van der Waals surface area (Å²) in [4.78, 5) is 2.06. The van der Waals surface area contributed by atoms with Crippen LogP contribution >= 0.6 is 11.5 Å². The Bertz CT molecular complexity index is 565. The molecule has 2 N–H and O–H groups in total. The molecule has 0 radical (unpaired) electrons. The van der Waals surface area contributed by atoms with Gasteiger partial charge < -0.3 is 15.4 Å². The van der Waals surface area contributed by atoms with E-state index in [0.29, 0.717) is 18.2 Å². The average molecular weight is 319 g/mol. The molecule has 0 aliphatic heterocycles. The highest BCUT2D eigenvalue weighted by molar-refractivity contribution is 7.92. The van der Waals surface area contributed by atoms with Crippen LogP contribution < -0.4 is 10.6 Å². The minimum atomic E-state index is -3.33. The molecule has 0 atom stereocenters. The zero-order chi connectivity index (χ0) is 14.9. The van der Waals surface area contributed by atoms with Crippen molar-refractivity contribution in [1.82, 2.24) is 4.37 Å². The molecule has 1 aliphatic rings. The van der Waals surface area contributed by atoms with E-state index in [1.165, 1.54) is 0 Å². The van der Waals surface area contributed by atoms with Gasteiger partial charge in [0.05, 0.1) is 18.0 Å². The summed E-state index contributed by atoms with van der Waals surface area (Å²) < 4.78 is 34.3. The fourth-order valence-electron chi connectivity index (χ4n) is 1.87. The van der Waals surface area contributed by atoms with Gasteiger partial charge >= 0.3 is 0 Å². The van der Waals surface area contributed by atoms with Crippen LogP contribution in [0.5, 0.6) is 0 Å². The molecule has 1 fully saturated rings. The number of sulfone groups is 1. The maximum absolute atomic E-state index is 12.4. The van der Waals surface area contributed by atoms with Crippen LogP contribution in [0.1, 0.15) is 26.7 Å². The minimum absolute atomic E-state index is 0.119. The Hall–Kier alpha value is -0.860. The van der Waals surface area contributed by atoms with E-state index in [4.69, 9.17) is 10.5 Å². The maximum Gasteiger partial charge on any atom is 0.187 e. The third-order valence-corrected chi connectivity index (χ3v) is 6.56. The Morgan fingerprint density at radius 3 is 2.70 bits per heavy atom. The summed E-state index contributed by atoms with van der Waals surface area (Å²) in [6.07, 6.45) is 1.60. The topological polar surface area (TPSA) is 85.5 Å². The lowest BCUT2D eigenvalue weighted by Crippen LogP contribution is -2.25. The van der Waals surface area contributed by atoms with Crippen molar-refractivity contribution in [1.29, 1.82) is 0 Å². The van der Waals surface area contributed by atoms with Gasteiger partial charge in [-0.05, 0) is 38.2 Å². The monoisotopic (exact) mass is 319 g/mol. The number of rotatable bonds is 7. The first-order chi connectivity index (χ1) is 9.34. The number of nitrogen functional groups attached to an aromatic ring is 1. The molecule has 1 heterocycles. The van der Waals surface area contributed by atoms with Crippen LogP contribution in [0.15, 0.2) is 4.90 Å². The minimum Gasteiger partial charge on any atom is -0.382 e. The normalized spacial score (nSPS) is 15.8. The average Bonchev–Trinajstić information content (AvgIpc) is 3.12. The van der Waals surface area contributed by atoms with Gasteiger partial charge in [0.25, 0.3) is 0 Å². The molecular weight excluding hydrogens is 298 g/mol. The molecule has 0 unspecified atom stereocenters. The maximum atomic E-state index is 12.4. The van der Waals surface area contributed by atoms with Gasteiger partial charge in [-0.25, -0.2) is 8.42 Å². The van der Waals surface area contributed by atoms with Crippen molar-refractivity contribution in [3.8, 4) is 0 Å². The Kier molecular flexibility index (Phi) is 4.55. The van der Waals surface area contributed by atoms with Gasteiger partial charge in [0, 0.05) is 13.6 Å². The summed E-state index contributed by atoms with van der Waals surface area (Å²) in [6.45, 7) is 5.07. The van der Waals surface area contributed by atoms with E-state index in [9.17, 15) is 8.42 Å². The molecule has 0 spiro atoms. The van der Waals surface area contributed by atoms with Crippen molar-refractivity contribution in [2.75, 3.05) is 30.8 Å². The second kappa shape index (κ2) is 5.87. The first kappa shape index (κ1) is 15.5. The Balaban J connectivity index is 2.16. The van der Waals surface area contributed by atoms with Crippen molar-refractivity contribution in [2.45, 2.75) is 42.9 Å². The van der Waals surface area contributed by atoms with E-state index in [0.717, 1.165) is 24.4 Å². The second-order valence-corrected chi connectivity index (χ2v) is 8.20. The zero-order valence-electron chi connectivity index (χ0n) is 12.0. The van der Waals surface area contributed by atoms with E-state index < -0.39 is 9.84 Å². The summed E-state index contributed by atoms with van der Waals surface area (Å²) >= 11 is 1.13. The summed E-state index contributed by atoms with van der Waals surface area (Å²) in [7, 11) is -1.49. The van der Waals surface area contributed by atoms with Gasteiger partial charge in [0.2, 0.25) is 0 Å². The quantitative estimate of drug-likeness (QED) is 0.820. The van der Waals surface area contributed by atoms with Crippen LogP contribution in [0, 0.1) is 0 Å². The molecule has 0 amide bonds. The third kappa shape index (κ3) is 3.24. The van der Waals surface area contributed by atoms with E-state index in [1.54, 1.807) is 0 Å². The van der Waals surface area contributed by atoms with Gasteiger partial charge in [0.15, 0.2) is 15.7 Å². The van der Waals surface area contributed by atoms with Crippen molar-refractivity contribution in [3.63, 3.8) is 0 Å². The summed E-state index contributed by atoms with van der Waals surface area (Å²) in [5, 5.41) is 0.335. The smallest absolute Gasteiger partial charge is 0.187 e. The van der Waals surface area contributed by atoms with Crippen molar-refractivity contribution in [2.24, 2.45) is 0 Å². The number of nitrogens with two attached hydrogens (primary N) is 1. The number of hydrogen-bond donors (Lipinski definition) is 1. The second-order valence-electron chi connectivity index (χ2n) is 5.29.